The molecule has 3 heterocycles. The molecule has 6 heteroatoms. The van der Waals surface area contributed by atoms with Gasteiger partial charge in [0.25, 0.3) is 0 Å². The van der Waals surface area contributed by atoms with Crippen molar-refractivity contribution in [3.8, 4) is 34.1 Å². The van der Waals surface area contributed by atoms with Crippen LogP contribution in [-0.2, 0) is 33.9 Å². The maximum atomic E-state index is 6.43. The number of aryl methyl sites for hydroxylation is 2. The standard InChI is InChI=1S/C43H42N4O.Pt/c1-5-7-13-31-15-11-16-32(14-8-6-2)43(31)34-28-45-46(29-34)35-17-12-18-36(26-35)48-37-21-22-39-38-19-9-10-20-40(38)47(41(39)27-37)42-25-33(30(3)4)23-24-44-42;/h9-12,15-25,28-30H,5-8,13-14H2,1-4H3;/q-2;+2. The molecule has 0 unspecified atom stereocenters. The number of rotatable bonds is 12. The van der Waals surface area contributed by atoms with Crippen LogP contribution in [0.1, 0.15) is 76.0 Å². The normalized spacial score (nSPS) is 11.4. The third-order valence-electron chi connectivity index (χ3n) is 9.15. The number of nitrogens with zero attached hydrogens (tertiary/aromatic N) is 4. The van der Waals surface area contributed by atoms with Crippen molar-refractivity contribution in [2.45, 2.75) is 72.1 Å². The van der Waals surface area contributed by atoms with E-state index in [9.17, 15) is 0 Å². The third-order valence-corrected chi connectivity index (χ3v) is 9.15. The van der Waals surface area contributed by atoms with Gasteiger partial charge in [-0.1, -0.05) is 82.5 Å². The number of unbranched alkanes of at least 4 members (excludes halogenated alkanes) is 2. The molecule has 0 saturated carbocycles. The van der Waals surface area contributed by atoms with E-state index in [1.54, 1.807) is 0 Å². The molecule has 0 amide bonds. The monoisotopic (exact) mass is 825 g/mol. The third kappa shape index (κ3) is 7.14. The zero-order valence-corrected chi connectivity index (χ0v) is 30.9. The van der Waals surface area contributed by atoms with E-state index < -0.39 is 0 Å². The van der Waals surface area contributed by atoms with E-state index in [0.717, 1.165) is 51.7 Å². The van der Waals surface area contributed by atoms with Gasteiger partial charge < -0.3 is 9.30 Å². The van der Waals surface area contributed by atoms with Crippen molar-refractivity contribution in [2.75, 3.05) is 0 Å². The fourth-order valence-corrected chi connectivity index (χ4v) is 6.59. The fourth-order valence-electron chi connectivity index (χ4n) is 6.59. The first-order valence-corrected chi connectivity index (χ1v) is 17.3. The molecular weight excluding hydrogens is 784 g/mol. The first-order valence-electron chi connectivity index (χ1n) is 17.3. The van der Waals surface area contributed by atoms with Crippen molar-refractivity contribution in [2.24, 2.45) is 0 Å². The van der Waals surface area contributed by atoms with Gasteiger partial charge in [0.05, 0.1) is 6.20 Å². The predicted molar refractivity (Wildman–Crippen MR) is 197 cm³/mol. The minimum atomic E-state index is 0. The number of ether oxygens (including phenoxy) is 1. The molecule has 7 aromatic rings. The van der Waals surface area contributed by atoms with Gasteiger partial charge in [0.15, 0.2) is 0 Å². The number of fused-ring (bicyclic) bond motifs is 3. The van der Waals surface area contributed by atoms with Crippen LogP contribution in [0, 0.1) is 12.1 Å². The van der Waals surface area contributed by atoms with Crippen LogP contribution < -0.4 is 4.74 Å². The summed E-state index contributed by atoms with van der Waals surface area (Å²) in [5.74, 6) is 2.49. The first kappa shape index (κ1) is 34.4. The molecule has 0 aliphatic rings. The maximum absolute atomic E-state index is 6.43. The zero-order valence-electron chi connectivity index (χ0n) is 28.6. The van der Waals surface area contributed by atoms with Crippen LogP contribution in [-0.4, -0.2) is 19.3 Å². The molecular formula is C43H42N4OPt. The zero-order chi connectivity index (χ0) is 33.0. The average Bonchev–Trinajstić information content (AvgIpc) is 3.73. The van der Waals surface area contributed by atoms with Gasteiger partial charge in [-0.15, -0.1) is 35.7 Å². The number of aromatic nitrogens is 4. The second kappa shape index (κ2) is 15.4. The maximum Gasteiger partial charge on any atom is 2.00 e. The second-order valence-electron chi connectivity index (χ2n) is 12.9. The minimum Gasteiger partial charge on any atom is -0.509 e. The van der Waals surface area contributed by atoms with E-state index in [-0.39, 0.29) is 21.1 Å². The van der Waals surface area contributed by atoms with Gasteiger partial charge in [-0.3, -0.25) is 4.68 Å². The van der Waals surface area contributed by atoms with E-state index in [1.807, 2.05) is 41.3 Å². The Morgan fingerprint density at radius 3 is 2.27 bits per heavy atom. The molecule has 5 nitrogen and oxygen atoms in total. The van der Waals surface area contributed by atoms with E-state index in [1.165, 1.54) is 47.9 Å². The Kier molecular flexibility index (Phi) is 10.8. The number of pyridine rings is 1. The summed E-state index contributed by atoms with van der Waals surface area (Å²) < 4.78 is 10.5. The summed E-state index contributed by atoms with van der Waals surface area (Å²) in [5, 5.41) is 7.06. The van der Waals surface area contributed by atoms with Gasteiger partial charge in [0.1, 0.15) is 5.82 Å². The average molecular weight is 826 g/mol. The predicted octanol–water partition coefficient (Wildman–Crippen LogP) is 11.2. The Labute approximate surface area is 304 Å². The van der Waals surface area contributed by atoms with Crippen LogP contribution in [0.5, 0.6) is 11.5 Å². The van der Waals surface area contributed by atoms with Crippen LogP contribution in [0.15, 0.2) is 104 Å². The van der Waals surface area contributed by atoms with Crippen molar-refractivity contribution in [3.05, 3.63) is 132 Å². The van der Waals surface area contributed by atoms with Gasteiger partial charge in [-0.25, -0.2) is 4.98 Å². The Bertz CT molecular complexity index is 2170. The van der Waals surface area contributed by atoms with Crippen LogP contribution in [0.4, 0.5) is 0 Å². The summed E-state index contributed by atoms with van der Waals surface area (Å²) in [6.45, 7) is 8.91. The van der Waals surface area contributed by atoms with Gasteiger partial charge >= 0.3 is 21.1 Å². The number of hydrogen-bond donors (Lipinski definition) is 0. The van der Waals surface area contributed by atoms with Crippen molar-refractivity contribution in [3.63, 3.8) is 0 Å². The summed E-state index contributed by atoms with van der Waals surface area (Å²) in [5.41, 5.74) is 9.38. The minimum absolute atomic E-state index is 0. The van der Waals surface area contributed by atoms with E-state index in [2.05, 4.69) is 111 Å². The quantitative estimate of drug-likeness (QED) is 0.115. The summed E-state index contributed by atoms with van der Waals surface area (Å²) >= 11 is 0. The molecule has 0 saturated heterocycles. The molecule has 0 aliphatic heterocycles. The van der Waals surface area contributed by atoms with Gasteiger partial charge in [-0.05, 0) is 83.1 Å². The Morgan fingerprint density at radius 1 is 0.776 bits per heavy atom. The van der Waals surface area contributed by atoms with Crippen LogP contribution in [0.25, 0.3) is 44.4 Å². The van der Waals surface area contributed by atoms with E-state index >= 15 is 0 Å². The van der Waals surface area contributed by atoms with Crippen molar-refractivity contribution in [1.29, 1.82) is 0 Å². The van der Waals surface area contributed by atoms with Gasteiger partial charge in [0, 0.05) is 35.0 Å². The number of benzene rings is 4. The summed E-state index contributed by atoms with van der Waals surface area (Å²) in [4.78, 5) is 4.77. The van der Waals surface area contributed by atoms with Crippen LogP contribution in [0.3, 0.4) is 0 Å². The summed E-state index contributed by atoms with van der Waals surface area (Å²) in [6.07, 6.45) is 12.9. The smallest absolute Gasteiger partial charge is 0.509 e. The fraction of sp³-hybridized carbons (Fsp3) is 0.256. The summed E-state index contributed by atoms with van der Waals surface area (Å²) in [6, 6.07) is 36.5. The second-order valence-corrected chi connectivity index (χ2v) is 12.9. The van der Waals surface area contributed by atoms with Crippen molar-refractivity contribution in [1.82, 2.24) is 19.3 Å². The molecule has 0 bridgehead atoms. The molecule has 0 radical (unpaired) electrons. The Hall–Kier alpha value is -4.47. The number of para-hydroxylation sites is 1. The SMILES string of the molecule is CCCCc1cccc(CCCC)c1-c1cnn(-c2[c-]c(Oc3[c-]c4c(cc3)c3ccccc3n4-c3cc(C(C)C)ccn3)ccc2)c1.[Pt+2]. The van der Waals surface area contributed by atoms with E-state index in [4.69, 9.17) is 14.8 Å². The summed E-state index contributed by atoms with van der Waals surface area (Å²) in [7, 11) is 0. The van der Waals surface area contributed by atoms with Crippen LogP contribution in [0.2, 0.25) is 0 Å². The van der Waals surface area contributed by atoms with E-state index in [0.29, 0.717) is 17.4 Å². The van der Waals surface area contributed by atoms with Crippen LogP contribution >= 0.6 is 0 Å². The Balaban J connectivity index is 0.00000417. The molecule has 4 aromatic carbocycles. The molecule has 3 aromatic heterocycles. The van der Waals surface area contributed by atoms with Crippen molar-refractivity contribution < 1.29 is 25.8 Å². The largest absolute Gasteiger partial charge is 2.00 e. The van der Waals surface area contributed by atoms with Gasteiger partial charge in [-0.2, -0.15) is 17.2 Å². The molecule has 7 rings (SSSR count). The number of hydrogen-bond acceptors (Lipinski definition) is 3. The molecule has 49 heavy (non-hydrogen) atoms. The molecule has 250 valence electrons. The Morgan fingerprint density at radius 2 is 1.51 bits per heavy atom. The molecule has 0 aliphatic carbocycles. The molecule has 0 N–H and O–H groups in total. The molecule has 0 fully saturated rings. The molecule has 0 atom stereocenters. The molecule has 0 spiro atoms. The van der Waals surface area contributed by atoms with Gasteiger partial charge in [0.2, 0.25) is 0 Å². The van der Waals surface area contributed by atoms with Crippen molar-refractivity contribution >= 4 is 21.8 Å². The first-order chi connectivity index (χ1) is 23.5. The topological polar surface area (TPSA) is 44.9 Å².